The van der Waals surface area contributed by atoms with Crippen molar-refractivity contribution in [3.63, 3.8) is 0 Å². The maximum absolute atomic E-state index is 10.6. The molecule has 1 saturated heterocycles. The molecule has 2 heterocycles. The molecule has 4 nitrogen and oxygen atoms in total. The van der Waals surface area contributed by atoms with Crippen molar-refractivity contribution in [2.45, 2.75) is 50.9 Å². The maximum Gasteiger partial charge on any atom is 0.121 e. The molecule has 28 heavy (non-hydrogen) atoms. The molecule has 2 aromatic carbocycles. The van der Waals surface area contributed by atoms with Crippen molar-refractivity contribution in [3.8, 4) is 5.75 Å². The molecule has 0 bridgehead atoms. The number of rotatable bonds is 5. The van der Waals surface area contributed by atoms with Gasteiger partial charge in [-0.25, -0.2) is 0 Å². The van der Waals surface area contributed by atoms with E-state index < -0.39 is 18.3 Å². The van der Waals surface area contributed by atoms with Crippen molar-refractivity contribution >= 4 is 21.4 Å². The molecule has 3 aromatic rings. The fourth-order valence-corrected chi connectivity index (χ4v) is 5.15. The van der Waals surface area contributed by atoms with Crippen molar-refractivity contribution in [3.05, 3.63) is 64.0 Å². The number of aliphatic hydroxyl groups excluding tert-OH is 2. The summed E-state index contributed by atoms with van der Waals surface area (Å²) in [5, 5.41) is 31.5. The summed E-state index contributed by atoms with van der Waals surface area (Å²) in [6.45, 7) is 1.96. The van der Waals surface area contributed by atoms with Crippen LogP contribution in [0.2, 0.25) is 0 Å². The maximum atomic E-state index is 10.6. The standard InChI is InChI=1S/C23H26O4S/c1-2-14-10-21(26)20(22-12-17(25)11-18(13-24)27-22)9-16(14)8-19-7-15-5-3-4-6-23(15)28-19/h3-7,9-10,17-18,22,24-26H,2,8,11-13H2,1H3. The SMILES string of the molecule is CCc1cc(O)c(C2CC(O)CC(CO)O2)cc1Cc1cc2ccccc2s1. The van der Waals surface area contributed by atoms with E-state index in [0.717, 1.165) is 18.4 Å². The Morgan fingerprint density at radius 2 is 1.93 bits per heavy atom. The first-order chi connectivity index (χ1) is 13.6. The van der Waals surface area contributed by atoms with Gasteiger partial charge in [0, 0.05) is 34.4 Å². The van der Waals surface area contributed by atoms with Gasteiger partial charge in [-0.05, 0) is 47.2 Å². The highest BCUT2D eigenvalue weighted by molar-refractivity contribution is 7.19. The Kier molecular flexibility index (Phi) is 5.69. The number of aliphatic hydroxyl groups is 2. The van der Waals surface area contributed by atoms with Gasteiger partial charge in [-0.2, -0.15) is 0 Å². The number of hydrogen-bond acceptors (Lipinski definition) is 5. The smallest absolute Gasteiger partial charge is 0.121 e. The highest BCUT2D eigenvalue weighted by atomic mass is 32.1. The summed E-state index contributed by atoms with van der Waals surface area (Å²) < 4.78 is 7.21. The molecule has 0 saturated carbocycles. The minimum absolute atomic E-state index is 0.129. The highest BCUT2D eigenvalue weighted by Gasteiger charge is 2.31. The van der Waals surface area contributed by atoms with Gasteiger partial charge in [0.15, 0.2) is 0 Å². The summed E-state index contributed by atoms with van der Waals surface area (Å²) in [5.74, 6) is 0.202. The van der Waals surface area contributed by atoms with E-state index >= 15 is 0 Å². The first-order valence-electron chi connectivity index (χ1n) is 9.83. The molecular formula is C23H26O4S. The molecule has 0 spiro atoms. The third-order valence-electron chi connectivity index (χ3n) is 5.50. The Labute approximate surface area is 169 Å². The van der Waals surface area contributed by atoms with Gasteiger partial charge in [-0.3, -0.25) is 0 Å². The van der Waals surface area contributed by atoms with Crippen molar-refractivity contribution in [1.82, 2.24) is 0 Å². The van der Waals surface area contributed by atoms with E-state index in [0.29, 0.717) is 18.4 Å². The predicted molar refractivity (Wildman–Crippen MR) is 112 cm³/mol. The summed E-state index contributed by atoms with van der Waals surface area (Å²) in [5.41, 5.74) is 2.99. The van der Waals surface area contributed by atoms with E-state index in [1.165, 1.54) is 20.5 Å². The Hall–Kier alpha value is -1.92. The van der Waals surface area contributed by atoms with Gasteiger partial charge >= 0.3 is 0 Å². The predicted octanol–water partition coefficient (Wildman–Crippen LogP) is 4.33. The van der Waals surface area contributed by atoms with E-state index in [9.17, 15) is 15.3 Å². The fraction of sp³-hybridized carbons (Fsp3) is 0.391. The van der Waals surface area contributed by atoms with E-state index in [4.69, 9.17) is 4.74 Å². The zero-order valence-corrected chi connectivity index (χ0v) is 16.8. The van der Waals surface area contributed by atoms with Crippen LogP contribution in [0.5, 0.6) is 5.75 Å². The molecule has 3 N–H and O–H groups in total. The van der Waals surface area contributed by atoms with Crippen molar-refractivity contribution in [2.75, 3.05) is 6.61 Å². The summed E-state index contributed by atoms with van der Waals surface area (Å²) in [4.78, 5) is 1.28. The van der Waals surface area contributed by atoms with Crippen LogP contribution in [0.1, 0.15) is 47.4 Å². The average molecular weight is 399 g/mol. The van der Waals surface area contributed by atoms with Crippen LogP contribution in [0.3, 0.4) is 0 Å². The second-order valence-corrected chi connectivity index (χ2v) is 8.68. The molecule has 0 amide bonds. The van der Waals surface area contributed by atoms with Gasteiger partial charge in [0.1, 0.15) is 5.75 Å². The molecule has 1 aliphatic heterocycles. The first kappa shape index (κ1) is 19.4. The van der Waals surface area contributed by atoms with Crippen LogP contribution < -0.4 is 0 Å². The Bertz CT molecular complexity index is 931. The van der Waals surface area contributed by atoms with E-state index in [-0.39, 0.29) is 12.4 Å². The summed E-state index contributed by atoms with van der Waals surface area (Å²) in [6.07, 6.45) is 1.15. The number of fused-ring (bicyclic) bond motifs is 1. The highest BCUT2D eigenvalue weighted by Crippen LogP contribution is 2.38. The number of phenolic OH excluding ortho intramolecular Hbond substituents is 1. The number of hydrogen-bond donors (Lipinski definition) is 3. The number of thiophene rings is 1. The lowest BCUT2D eigenvalue weighted by Gasteiger charge is -2.33. The van der Waals surface area contributed by atoms with Crippen LogP contribution in [-0.4, -0.2) is 34.1 Å². The van der Waals surface area contributed by atoms with Crippen LogP contribution in [0.25, 0.3) is 10.1 Å². The van der Waals surface area contributed by atoms with Gasteiger partial charge in [0.05, 0.1) is 24.9 Å². The molecular weight excluding hydrogens is 372 g/mol. The average Bonchev–Trinajstić information content (AvgIpc) is 3.10. The molecule has 148 valence electrons. The van der Waals surface area contributed by atoms with Crippen molar-refractivity contribution < 1.29 is 20.1 Å². The fourth-order valence-electron chi connectivity index (χ4n) is 4.07. The Balaban J connectivity index is 1.67. The van der Waals surface area contributed by atoms with Gasteiger partial charge in [0.2, 0.25) is 0 Å². The van der Waals surface area contributed by atoms with E-state index in [2.05, 4.69) is 37.3 Å². The van der Waals surface area contributed by atoms with Gasteiger partial charge in [0.25, 0.3) is 0 Å². The van der Waals surface area contributed by atoms with Crippen LogP contribution in [-0.2, 0) is 17.6 Å². The number of ether oxygens (including phenoxy) is 1. The van der Waals surface area contributed by atoms with E-state index in [1.807, 2.05) is 12.1 Å². The first-order valence-corrected chi connectivity index (χ1v) is 10.7. The third-order valence-corrected chi connectivity index (χ3v) is 6.62. The molecule has 1 fully saturated rings. The Morgan fingerprint density at radius 3 is 2.68 bits per heavy atom. The lowest BCUT2D eigenvalue weighted by Crippen LogP contribution is -2.33. The zero-order valence-electron chi connectivity index (χ0n) is 16.0. The van der Waals surface area contributed by atoms with Crippen molar-refractivity contribution in [2.24, 2.45) is 0 Å². The number of aryl methyl sites for hydroxylation is 1. The van der Waals surface area contributed by atoms with Crippen molar-refractivity contribution in [1.29, 1.82) is 0 Å². The topological polar surface area (TPSA) is 69.9 Å². The molecule has 4 rings (SSSR count). The van der Waals surface area contributed by atoms with Crippen LogP contribution in [0.4, 0.5) is 0 Å². The lowest BCUT2D eigenvalue weighted by molar-refractivity contribution is -0.114. The van der Waals surface area contributed by atoms with E-state index in [1.54, 1.807) is 11.3 Å². The number of phenols is 1. The minimum Gasteiger partial charge on any atom is -0.508 e. The second kappa shape index (κ2) is 8.21. The molecule has 1 aliphatic rings. The molecule has 0 radical (unpaired) electrons. The number of benzene rings is 2. The summed E-state index contributed by atoms with van der Waals surface area (Å²) >= 11 is 1.79. The third kappa shape index (κ3) is 3.94. The molecule has 5 heteroatoms. The van der Waals surface area contributed by atoms with Gasteiger partial charge < -0.3 is 20.1 Å². The quantitative estimate of drug-likeness (QED) is 0.598. The summed E-state index contributed by atoms with van der Waals surface area (Å²) in [7, 11) is 0. The molecule has 3 atom stereocenters. The minimum atomic E-state index is -0.535. The monoisotopic (exact) mass is 398 g/mol. The molecule has 1 aromatic heterocycles. The normalized spacial score (nSPS) is 22.6. The number of aromatic hydroxyl groups is 1. The summed E-state index contributed by atoms with van der Waals surface area (Å²) in [6, 6.07) is 14.5. The largest absolute Gasteiger partial charge is 0.508 e. The van der Waals surface area contributed by atoms with Crippen LogP contribution in [0, 0.1) is 0 Å². The Morgan fingerprint density at radius 1 is 1.11 bits per heavy atom. The van der Waals surface area contributed by atoms with Gasteiger partial charge in [-0.15, -0.1) is 11.3 Å². The zero-order chi connectivity index (χ0) is 19.7. The molecule has 3 unspecified atom stereocenters. The molecule has 0 aliphatic carbocycles. The van der Waals surface area contributed by atoms with Crippen LogP contribution >= 0.6 is 11.3 Å². The lowest BCUT2D eigenvalue weighted by atomic mass is 9.91. The van der Waals surface area contributed by atoms with Gasteiger partial charge in [-0.1, -0.05) is 25.1 Å². The van der Waals surface area contributed by atoms with Crippen LogP contribution in [0.15, 0.2) is 42.5 Å². The second-order valence-electron chi connectivity index (χ2n) is 7.52.